The summed E-state index contributed by atoms with van der Waals surface area (Å²) in [6.45, 7) is 10.6. The van der Waals surface area contributed by atoms with Gasteiger partial charge in [0.25, 0.3) is 0 Å². The molecule has 1 N–H and O–H groups in total. The largest absolute Gasteiger partial charge is 0.460 e. The molecule has 2 aliphatic heterocycles. The summed E-state index contributed by atoms with van der Waals surface area (Å²) in [4.78, 5) is 13.2. The zero-order chi connectivity index (χ0) is 32.1. The van der Waals surface area contributed by atoms with Gasteiger partial charge >= 0.3 is 5.97 Å². The van der Waals surface area contributed by atoms with Gasteiger partial charge < -0.3 is 24.1 Å². The second kappa shape index (κ2) is 18.0. The van der Waals surface area contributed by atoms with Crippen molar-refractivity contribution in [2.75, 3.05) is 0 Å². The number of esters is 1. The Morgan fingerprint density at radius 3 is 2.24 bits per heavy atom. The van der Waals surface area contributed by atoms with Crippen molar-refractivity contribution in [2.45, 2.75) is 141 Å². The lowest BCUT2D eigenvalue weighted by molar-refractivity contribution is -0.175. The van der Waals surface area contributed by atoms with Crippen molar-refractivity contribution in [3.63, 3.8) is 0 Å². The van der Waals surface area contributed by atoms with E-state index in [9.17, 15) is 9.90 Å². The van der Waals surface area contributed by atoms with Gasteiger partial charge in [-0.05, 0) is 102 Å². The van der Waals surface area contributed by atoms with E-state index in [0.29, 0.717) is 19.4 Å². The molecular weight excluding hydrogens is 564 g/mol. The molecule has 0 saturated carbocycles. The highest BCUT2D eigenvalue weighted by molar-refractivity contribution is 5.76. The molecular formula is C39H56O6. The Morgan fingerprint density at radius 2 is 1.56 bits per heavy atom. The molecule has 2 aromatic carbocycles. The van der Waals surface area contributed by atoms with Crippen molar-refractivity contribution < 1.29 is 28.8 Å². The third-order valence-electron chi connectivity index (χ3n) is 9.72. The average molecular weight is 621 g/mol. The number of hydrogen-bond donors (Lipinski definition) is 1. The molecule has 2 aliphatic rings. The van der Waals surface area contributed by atoms with Gasteiger partial charge in [0.1, 0.15) is 6.61 Å². The van der Waals surface area contributed by atoms with Gasteiger partial charge in [0.2, 0.25) is 0 Å². The molecule has 2 fully saturated rings. The van der Waals surface area contributed by atoms with E-state index in [4.69, 9.17) is 18.9 Å². The first-order chi connectivity index (χ1) is 21.7. The topological polar surface area (TPSA) is 74.2 Å². The summed E-state index contributed by atoms with van der Waals surface area (Å²) in [5.41, 5.74) is 1.31. The first-order valence-corrected chi connectivity index (χ1v) is 17.2. The normalized spacial score (nSPS) is 24.4. The van der Waals surface area contributed by atoms with Crippen LogP contribution in [-0.2, 0) is 37.0 Å². The standard InChI is InChI=1S/C39H56O6/c1-5-14-32-19-12-20-33(44-32)24-23-29(2)36(40)26-35(42-27-30-15-8-6-9-16-30)25-34-21-13-22-37(45-34)39(3,4)38(41)43-28-31-17-10-7-11-18-31/h5-11,15-18,29,32-37,40H,1,12-14,19-28H2,2-4H3/t29-,32-,33-,34-,35-,36+,37+/m0/s1. The molecule has 0 unspecified atom stereocenters. The smallest absolute Gasteiger partial charge is 0.314 e. The van der Waals surface area contributed by atoms with Crippen molar-refractivity contribution in [3.05, 3.63) is 84.4 Å². The first kappa shape index (κ1) is 35.3. The molecule has 2 saturated heterocycles. The van der Waals surface area contributed by atoms with Gasteiger partial charge in [0.05, 0.1) is 48.6 Å². The molecule has 0 bridgehead atoms. The van der Waals surface area contributed by atoms with Crippen LogP contribution < -0.4 is 0 Å². The van der Waals surface area contributed by atoms with E-state index in [2.05, 4.69) is 25.6 Å². The molecule has 0 spiro atoms. The van der Waals surface area contributed by atoms with Crippen LogP contribution in [0.2, 0.25) is 0 Å². The van der Waals surface area contributed by atoms with Gasteiger partial charge in [-0.3, -0.25) is 4.79 Å². The number of benzene rings is 2. The van der Waals surface area contributed by atoms with Crippen molar-refractivity contribution in [1.82, 2.24) is 0 Å². The number of carbonyl (C=O) groups is 1. The Bertz CT molecular complexity index is 1130. The highest BCUT2D eigenvalue weighted by Gasteiger charge is 2.42. The fraction of sp³-hybridized carbons (Fsp3) is 0.615. The maximum absolute atomic E-state index is 13.2. The zero-order valence-electron chi connectivity index (χ0n) is 27.8. The number of ether oxygens (including phenoxy) is 4. The first-order valence-electron chi connectivity index (χ1n) is 17.2. The monoisotopic (exact) mass is 620 g/mol. The number of aliphatic hydroxyl groups excluding tert-OH is 1. The third-order valence-corrected chi connectivity index (χ3v) is 9.72. The van der Waals surface area contributed by atoms with E-state index in [1.165, 1.54) is 6.42 Å². The molecule has 2 aromatic rings. The Balaban J connectivity index is 1.32. The Morgan fingerprint density at radius 1 is 0.933 bits per heavy atom. The fourth-order valence-corrected chi connectivity index (χ4v) is 6.65. The summed E-state index contributed by atoms with van der Waals surface area (Å²) in [6, 6.07) is 19.9. The Kier molecular flexibility index (Phi) is 14.1. The number of aliphatic hydroxyl groups is 1. The molecule has 7 atom stereocenters. The predicted octanol–water partition coefficient (Wildman–Crippen LogP) is 8.35. The average Bonchev–Trinajstić information content (AvgIpc) is 3.06. The van der Waals surface area contributed by atoms with E-state index in [0.717, 1.165) is 62.5 Å². The molecule has 0 aromatic heterocycles. The minimum Gasteiger partial charge on any atom is -0.460 e. The van der Waals surface area contributed by atoms with Crippen LogP contribution in [0, 0.1) is 11.3 Å². The van der Waals surface area contributed by atoms with Crippen LogP contribution in [0.5, 0.6) is 0 Å². The quantitative estimate of drug-likeness (QED) is 0.142. The molecule has 248 valence electrons. The fourth-order valence-electron chi connectivity index (χ4n) is 6.65. The lowest BCUT2D eigenvalue weighted by atomic mass is 9.81. The zero-order valence-corrected chi connectivity index (χ0v) is 27.8. The van der Waals surface area contributed by atoms with Crippen molar-refractivity contribution >= 4 is 5.97 Å². The maximum Gasteiger partial charge on any atom is 0.314 e. The molecule has 6 heteroatoms. The van der Waals surface area contributed by atoms with Gasteiger partial charge in [-0.1, -0.05) is 73.7 Å². The second-order valence-corrected chi connectivity index (χ2v) is 13.8. The predicted molar refractivity (Wildman–Crippen MR) is 179 cm³/mol. The number of carbonyl (C=O) groups excluding carboxylic acids is 1. The van der Waals surface area contributed by atoms with Crippen LogP contribution in [0.3, 0.4) is 0 Å². The van der Waals surface area contributed by atoms with E-state index in [1.807, 2.05) is 68.5 Å². The minimum absolute atomic E-state index is 0.0503. The summed E-state index contributed by atoms with van der Waals surface area (Å²) >= 11 is 0. The number of rotatable bonds is 17. The van der Waals surface area contributed by atoms with E-state index in [-0.39, 0.29) is 49.0 Å². The van der Waals surface area contributed by atoms with Gasteiger partial charge in [0, 0.05) is 0 Å². The molecule has 0 radical (unpaired) electrons. The summed E-state index contributed by atoms with van der Waals surface area (Å²) < 4.78 is 25.1. The summed E-state index contributed by atoms with van der Waals surface area (Å²) in [6.07, 6.45) is 11.7. The summed E-state index contributed by atoms with van der Waals surface area (Å²) in [7, 11) is 0. The highest BCUT2D eigenvalue weighted by Crippen LogP contribution is 2.36. The molecule has 0 aliphatic carbocycles. The van der Waals surface area contributed by atoms with Crippen molar-refractivity contribution in [2.24, 2.45) is 11.3 Å². The van der Waals surface area contributed by atoms with Crippen molar-refractivity contribution in [1.29, 1.82) is 0 Å². The van der Waals surface area contributed by atoms with Gasteiger partial charge in [0.15, 0.2) is 0 Å². The van der Waals surface area contributed by atoms with Crippen molar-refractivity contribution in [3.8, 4) is 0 Å². The van der Waals surface area contributed by atoms with Crippen LogP contribution in [-0.4, -0.2) is 47.7 Å². The second-order valence-electron chi connectivity index (χ2n) is 13.8. The lowest BCUT2D eigenvalue weighted by Gasteiger charge is -2.39. The summed E-state index contributed by atoms with van der Waals surface area (Å²) in [5, 5.41) is 11.4. The third kappa shape index (κ3) is 11.4. The molecule has 2 heterocycles. The highest BCUT2D eigenvalue weighted by atomic mass is 16.5. The van der Waals surface area contributed by atoms with Gasteiger partial charge in [-0.15, -0.1) is 6.58 Å². The van der Waals surface area contributed by atoms with E-state index >= 15 is 0 Å². The maximum atomic E-state index is 13.2. The molecule has 6 nitrogen and oxygen atoms in total. The van der Waals surface area contributed by atoms with Crippen LogP contribution in [0.25, 0.3) is 0 Å². The van der Waals surface area contributed by atoms with Gasteiger partial charge in [-0.25, -0.2) is 0 Å². The van der Waals surface area contributed by atoms with Crippen LogP contribution >= 0.6 is 0 Å². The minimum atomic E-state index is -0.770. The SMILES string of the molecule is C=CC[C@H]1CCC[C@@H](CC[C@H](C)[C@H](O)C[C@H](C[C@@H]2CCC[C@H](C(C)(C)C(=O)OCc3ccccc3)O2)OCc2ccccc2)O1. The van der Waals surface area contributed by atoms with Crippen LogP contribution in [0.15, 0.2) is 73.3 Å². The Hall–Kier alpha value is -2.51. The van der Waals surface area contributed by atoms with Gasteiger partial charge in [-0.2, -0.15) is 0 Å². The molecule has 4 rings (SSSR count). The molecule has 45 heavy (non-hydrogen) atoms. The Labute approximate surface area is 271 Å². The number of hydrogen-bond acceptors (Lipinski definition) is 6. The van der Waals surface area contributed by atoms with E-state index < -0.39 is 11.5 Å². The lowest BCUT2D eigenvalue weighted by Crippen LogP contribution is -2.45. The van der Waals surface area contributed by atoms with E-state index in [1.54, 1.807) is 0 Å². The van der Waals surface area contributed by atoms with Crippen LogP contribution in [0.1, 0.15) is 103 Å². The molecule has 0 amide bonds. The van der Waals surface area contributed by atoms with Crippen LogP contribution in [0.4, 0.5) is 0 Å². The summed E-state index contributed by atoms with van der Waals surface area (Å²) in [5.74, 6) is -0.106.